The van der Waals surface area contributed by atoms with Crippen molar-refractivity contribution in [1.82, 2.24) is 19.9 Å². The number of rotatable bonds is 4. The number of fused-ring (bicyclic) bond motifs is 3. The first kappa shape index (κ1) is 24.5. The van der Waals surface area contributed by atoms with E-state index in [1.165, 1.54) is 19.1 Å². The number of halogens is 1. The van der Waals surface area contributed by atoms with Crippen LogP contribution in [0.1, 0.15) is 56.7 Å². The number of nitrogens with one attached hydrogen (secondary N) is 1. The maximum absolute atomic E-state index is 14.0. The minimum absolute atomic E-state index is 0.0376. The van der Waals surface area contributed by atoms with E-state index in [2.05, 4.69) is 20.6 Å². The summed E-state index contributed by atoms with van der Waals surface area (Å²) in [6.45, 7) is 2.97. The quantitative estimate of drug-likeness (QED) is 0.315. The Morgan fingerprint density at radius 3 is 2.66 bits per heavy atom. The lowest BCUT2D eigenvalue weighted by molar-refractivity contribution is -0.257. The molecule has 2 aromatic heterocycles. The number of ether oxygens (including phenoxy) is 1. The van der Waals surface area contributed by atoms with Gasteiger partial charge in [-0.2, -0.15) is 0 Å². The zero-order valence-electron chi connectivity index (χ0n) is 20.8. The van der Waals surface area contributed by atoms with Crippen LogP contribution in [-0.2, 0) is 20.9 Å². The van der Waals surface area contributed by atoms with Crippen LogP contribution < -0.4 is 11.1 Å². The number of aliphatic hydroxyl groups is 2. The van der Waals surface area contributed by atoms with Crippen LogP contribution >= 0.6 is 0 Å². The smallest absolute Gasteiger partial charge is 0.252 e. The van der Waals surface area contributed by atoms with Crippen LogP contribution in [0.3, 0.4) is 0 Å². The zero-order chi connectivity index (χ0) is 26.8. The highest BCUT2D eigenvalue weighted by Crippen LogP contribution is 2.55. The highest BCUT2D eigenvalue weighted by molar-refractivity contribution is 5.93. The Bertz CT molecular complexity index is 1550. The van der Waals surface area contributed by atoms with Crippen molar-refractivity contribution in [2.24, 2.45) is 0 Å². The third-order valence-electron chi connectivity index (χ3n) is 7.56. The lowest BCUT2D eigenvalue weighted by Crippen LogP contribution is -2.35. The van der Waals surface area contributed by atoms with Crippen molar-refractivity contribution in [3.63, 3.8) is 0 Å². The molecule has 0 radical (unpaired) electrons. The van der Waals surface area contributed by atoms with Crippen LogP contribution in [0.15, 0.2) is 41.0 Å². The Balaban J connectivity index is 1.33. The second kappa shape index (κ2) is 8.58. The number of anilines is 2. The van der Waals surface area contributed by atoms with Gasteiger partial charge in [-0.05, 0) is 79.7 Å². The predicted molar refractivity (Wildman–Crippen MR) is 134 cm³/mol. The molecule has 2 aliphatic rings. The average Bonchev–Trinajstić information content (AvgIpc) is 3.52. The van der Waals surface area contributed by atoms with Gasteiger partial charge in [-0.1, -0.05) is 6.07 Å². The number of aliphatic hydroxyl groups excluding tert-OH is 1. The molecule has 3 heterocycles. The van der Waals surface area contributed by atoms with Crippen LogP contribution in [0.25, 0.3) is 22.6 Å². The summed E-state index contributed by atoms with van der Waals surface area (Å²) in [7, 11) is 0. The highest BCUT2D eigenvalue weighted by atomic mass is 19.1. The van der Waals surface area contributed by atoms with Crippen LogP contribution in [0.2, 0.25) is 0 Å². The summed E-state index contributed by atoms with van der Waals surface area (Å²) in [4.78, 5) is 16.6. The molecule has 1 saturated carbocycles. The highest BCUT2D eigenvalue weighted by Gasteiger charge is 2.52. The molecule has 2 atom stereocenters. The van der Waals surface area contributed by atoms with Crippen molar-refractivity contribution in [3.8, 4) is 11.5 Å². The molecule has 1 fully saturated rings. The van der Waals surface area contributed by atoms with Crippen molar-refractivity contribution >= 4 is 28.4 Å². The fourth-order valence-electron chi connectivity index (χ4n) is 5.80. The molecule has 5 N–H and O–H groups in total. The summed E-state index contributed by atoms with van der Waals surface area (Å²) >= 11 is 0. The van der Waals surface area contributed by atoms with E-state index in [0.29, 0.717) is 54.0 Å². The van der Waals surface area contributed by atoms with Crippen LogP contribution in [0.5, 0.6) is 0 Å². The van der Waals surface area contributed by atoms with Gasteiger partial charge in [0.15, 0.2) is 23.1 Å². The van der Waals surface area contributed by atoms with Gasteiger partial charge in [0.2, 0.25) is 0 Å². The Hall–Kier alpha value is -3.87. The fourth-order valence-corrected chi connectivity index (χ4v) is 5.80. The summed E-state index contributed by atoms with van der Waals surface area (Å²) in [5, 5.41) is 31.0. The number of hydrogen-bond acceptors (Lipinski definition) is 9. The van der Waals surface area contributed by atoms with E-state index in [0.717, 1.165) is 11.1 Å². The molecule has 1 aliphatic carbocycles. The summed E-state index contributed by atoms with van der Waals surface area (Å²) in [5.74, 6) is -1.95. The van der Waals surface area contributed by atoms with Crippen LogP contribution in [0.4, 0.5) is 15.9 Å². The number of carbonyl (C=O) groups excluding carboxylic acids is 1. The van der Waals surface area contributed by atoms with Gasteiger partial charge in [-0.3, -0.25) is 4.79 Å². The molecule has 4 aromatic rings. The monoisotopic (exact) mass is 522 g/mol. The minimum Gasteiger partial charge on any atom is -0.384 e. The standard InChI is InChI=1S/C26H27FN6O5/c1-13(34)24(35)29-15-4-5-17-18(12-15)25(2,36)37-26(17)9-7-16(8-10-26)33-20-6-3-14(27)11-19(20)30-23(33)21-22(28)32-38-31-21/h3-6,11-13,16,34,36H,7-10H2,1-2H3,(H2,28,32)(H,29,35)/t13-,16?,25?,26?/m0/s1. The second-order valence-electron chi connectivity index (χ2n) is 10.2. The van der Waals surface area contributed by atoms with Gasteiger partial charge < -0.3 is 30.6 Å². The Kier molecular flexibility index (Phi) is 5.53. The Morgan fingerprint density at radius 2 is 1.97 bits per heavy atom. The SMILES string of the molecule is C[C@H](O)C(=O)Nc1ccc2c(c1)C(C)(O)OC21CCC(n2c(-c3nonc3N)nc3cc(F)ccc32)CC1. The number of nitrogens with two attached hydrogens (primary N) is 1. The van der Waals surface area contributed by atoms with Crippen molar-refractivity contribution < 1.29 is 28.8 Å². The van der Waals surface area contributed by atoms with E-state index >= 15 is 0 Å². The second-order valence-corrected chi connectivity index (χ2v) is 10.2. The first-order valence-electron chi connectivity index (χ1n) is 12.4. The average molecular weight is 523 g/mol. The topological polar surface area (TPSA) is 162 Å². The molecule has 11 nitrogen and oxygen atoms in total. The van der Waals surface area contributed by atoms with Crippen LogP contribution in [0, 0.1) is 5.82 Å². The molecular formula is C26H27FN6O5. The van der Waals surface area contributed by atoms with Crippen molar-refractivity contribution in [3.05, 3.63) is 53.3 Å². The van der Waals surface area contributed by atoms with Crippen molar-refractivity contribution in [2.75, 3.05) is 11.1 Å². The van der Waals surface area contributed by atoms with Gasteiger partial charge in [0, 0.05) is 23.4 Å². The number of aromatic nitrogens is 4. The molecule has 2 aromatic carbocycles. The van der Waals surface area contributed by atoms with Crippen molar-refractivity contribution in [1.29, 1.82) is 0 Å². The van der Waals surface area contributed by atoms with E-state index in [-0.39, 0.29) is 11.9 Å². The molecule has 1 amide bonds. The van der Waals surface area contributed by atoms with Crippen molar-refractivity contribution in [2.45, 2.75) is 63.1 Å². The number of benzene rings is 2. The van der Waals surface area contributed by atoms with Gasteiger partial charge in [0.05, 0.1) is 16.6 Å². The number of amides is 1. The molecule has 1 spiro atoms. The minimum atomic E-state index is -1.56. The number of carbonyl (C=O) groups is 1. The molecule has 0 bridgehead atoms. The fraction of sp³-hybridized carbons (Fsp3) is 0.385. The van der Waals surface area contributed by atoms with Gasteiger partial charge in [-0.25, -0.2) is 14.0 Å². The predicted octanol–water partition coefficient (Wildman–Crippen LogP) is 3.33. The third-order valence-corrected chi connectivity index (χ3v) is 7.56. The Morgan fingerprint density at radius 1 is 1.21 bits per heavy atom. The van der Waals surface area contributed by atoms with Gasteiger partial charge in [-0.15, -0.1) is 0 Å². The van der Waals surface area contributed by atoms with E-state index in [9.17, 15) is 19.4 Å². The lowest BCUT2D eigenvalue weighted by atomic mass is 9.77. The molecule has 38 heavy (non-hydrogen) atoms. The zero-order valence-corrected chi connectivity index (χ0v) is 20.8. The third kappa shape index (κ3) is 3.83. The molecule has 12 heteroatoms. The number of nitrogen functional groups attached to an aromatic ring is 1. The molecule has 1 unspecified atom stereocenters. The first-order chi connectivity index (χ1) is 18.1. The summed E-state index contributed by atoms with van der Waals surface area (Å²) in [5.41, 5.74) is 8.65. The Labute approximate surface area is 216 Å². The van der Waals surface area contributed by atoms with Crippen LogP contribution in [-0.4, -0.2) is 42.1 Å². The molecule has 0 saturated heterocycles. The summed E-state index contributed by atoms with van der Waals surface area (Å²) in [6.07, 6.45) is 1.35. The maximum atomic E-state index is 14.0. The van der Waals surface area contributed by atoms with Gasteiger partial charge in [0.1, 0.15) is 11.9 Å². The maximum Gasteiger partial charge on any atom is 0.252 e. The number of imidazole rings is 1. The lowest BCUT2D eigenvalue weighted by Gasteiger charge is -2.39. The van der Waals surface area contributed by atoms with E-state index < -0.39 is 29.2 Å². The molecule has 198 valence electrons. The van der Waals surface area contributed by atoms with Gasteiger partial charge >= 0.3 is 0 Å². The molecular weight excluding hydrogens is 495 g/mol. The van der Waals surface area contributed by atoms with Gasteiger partial charge in [0.25, 0.3) is 5.91 Å². The molecule has 1 aliphatic heterocycles. The number of nitrogens with zero attached hydrogens (tertiary/aromatic N) is 4. The first-order valence-corrected chi connectivity index (χ1v) is 12.4. The largest absolute Gasteiger partial charge is 0.384 e. The summed E-state index contributed by atoms with van der Waals surface area (Å²) < 4.78 is 27.1. The van der Waals surface area contributed by atoms with E-state index in [1.54, 1.807) is 25.1 Å². The van der Waals surface area contributed by atoms with E-state index in [4.69, 9.17) is 15.1 Å². The number of hydrogen-bond donors (Lipinski definition) is 4. The molecule has 6 rings (SSSR count). The van der Waals surface area contributed by atoms with E-state index in [1.807, 2.05) is 10.6 Å². The normalized spacial score (nSPS) is 25.6. The summed E-state index contributed by atoms with van der Waals surface area (Å²) in [6, 6.07) is 9.69.